The van der Waals surface area contributed by atoms with Gasteiger partial charge in [0.05, 0.1) is 13.2 Å². The summed E-state index contributed by atoms with van der Waals surface area (Å²) in [5, 5.41) is 0. The largest absolute Gasteiger partial charge is 0.497 e. The maximum Gasteiger partial charge on any atom is 0.253 e. The molecule has 0 aromatic heterocycles. The zero-order chi connectivity index (χ0) is 26.1. The molecule has 0 unspecified atom stereocenters. The van der Waals surface area contributed by atoms with Gasteiger partial charge in [0, 0.05) is 43.8 Å². The number of hydrogen-bond acceptors (Lipinski definition) is 4. The molecular weight excluding hydrogens is 446 g/mol. The molecule has 3 rings (SSSR count). The number of amides is 1. The van der Waals surface area contributed by atoms with Gasteiger partial charge in [0.1, 0.15) is 5.75 Å². The Bertz CT molecular complexity index is 941. The molecule has 0 saturated carbocycles. The van der Waals surface area contributed by atoms with Crippen LogP contribution in [0.15, 0.2) is 48.5 Å². The molecule has 2 aromatic carbocycles. The van der Waals surface area contributed by atoms with Crippen LogP contribution in [0.2, 0.25) is 0 Å². The molecule has 2 aromatic rings. The van der Waals surface area contributed by atoms with Crippen molar-refractivity contribution in [3.8, 4) is 5.75 Å². The summed E-state index contributed by atoms with van der Waals surface area (Å²) in [4.78, 5) is 20.1. The third-order valence-corrected chi connectivity index (χ3v) is 7.73. The molecule has 5 nitrogen and oxygen atoms in total. The van der Waals surface area contributed by atoms with Crippen molar-refractivity contribution in [2.45, 2.75) is 78.4 Å². The summed E-state index contributed by atoms with van der Waals surface area (Å²) in [6, 6.07) is 17.8. The zero-order valence-electron chi connectivity index (χ0n) is 23.4. The van der Waals surface area contributed by atoms with E-state index in [4.69, 9.17) is 4.74 Å². The lowest BCUT2D eigenvalue weighted by atomic mass is 9.92. The van der Waals surface area contributed by atoms with Gasteiger partial charge >= 0.3 is 0 Å². The molecule has 1 aliphatic heterocycles. The van der Waals surface area contributed by atoms with Gasteiger partial charge in [-0.25, -0.2) is 0 Å². The fraction of sp³-hybridized carbons (Fsp3) is 0.581. The van der Waals surface area contributed by atoms with Gasteiger partial charge in [-0.2, -0.15) is 0 Å². The first-order valence-electron chi connectivity index (χ1n) is 14.0. The fourth-order valence-corrected chi connectivity index (χ4v) is 5.53. The van der Waals surface area contributed by atoms with Crippen molar-refractivity contribution in [3.05, 3.63) is 65.2 Å². The van der Waals surface area contributed by atoms with Crippen molar-refractivity contribution >= 4 is 5.91 Å². The Hall–Kier alpha value is -2.37. The second-order valence-electron chi connectivity index (χ2n) is 10.2. The highest BCUT2D eigenvalue weighted by atomic mass is 16.5. The first-order chi connectivity index (χ1) is 17.4. The van der Waals surface area contributed by atoms with Gasteiger partial charge in [-0.05, 0) is 76.1 Å². The maximum absolute atomic E-state index is 12.9. The number of ether oxygens (including phenoxy) is 1. The average Bonchev–Trinajstić information content (AvgIpc) is 2.90. The molecule has 5 heteroatoms. The van der Waals surface area contributed by atoms with Crippen LogP contribution in [-0.4, -0.2) is 72.5 Å². The van der Waals surface area contributed by atoms with E-state index in [1.165, 1.54) is 43.4 Å². The monoisotopic (exact) mass is 493 g/mol. The van der Waals surface area contributed by atoms with Crippen molar-refractivity contribution in [2.24, 2.45) is 0 Å². The average molecular weight is 494 g/mol. The third kappa shape index (κ3) is 6.89. The van der Waals surface area contributed by atoms with Crippen LogP contribution in [0.4, 0.5) is 0 Å². The summed E-state index contributed by atoms with van der Waals surface area (Å²) in [6.07, 6.45) is 5.21. The molecule has 1 aliphatic rings. The number of piperazine rings is 1. The van der Waals surface area contributed by atoms with Gasteiger partial charge in [0.25, 0.3) is 5.91 Å². The number of carbonyl (C=O) groups is 1. The van der Waals surface area contributed by atoms with Gasteiger partial charge in [-0.3, -0.25) is 14.6 Å². The first-order valence-corrected chi connectivity index (χ1v) is 14.0. The topological polar surface area (TPSA) is 36.0 Å². The molecule has 0 spiro atoms. The molecule has 36 heavy (non-hydrogen) atoms. The molecule has 1 heterocycles. The minimum atomic E-state index is 0.100. The molecule has 3 atom stereocenters. The number of methoxy groups -OCH3 is 1. The fourth-order valence-electron chi connectivity index (χ4n) is 5.53. The Balaban J connectivity index is 1.88. The predicted octanol–water partition coefficient (Wildman–Crippen LogP) is 6.24. The van der Waals surface area contributed by atoms with E-state index in [2.05, 4.69) is 60.9 Å². The first kappa shape index (κ1) is 28.2. The van der Waals surface area contributed by atoms with Crippen LogP contribution in [0.1, 0.15) is 87.8 Å². The lowest BCUT2D eigenvalue weighted by Gasteiger charge is -2.48. The minimum absolute atomic E-state index is 0.100. The van der Waals surface area contributed by atoms with E-state index in [1.807, 2.05) is 36.9 Å². The molecule has 0 radical (unpaired) electrons. The minimum Gasteiger partial charge on any atom is -0.497 e. The predicted molar refractivity (Wildman–Crippen MR) is 150 cm³/mol. The van der Waals surface area contributed by atoms with Crippen LogP contribution in [0.25, 0.3) is 0 Å². The van der Waals surface area contributed by atoms with E-state index >= 15 is 0 Å². The molecule has 1 amide bonds. The molecule has 1 saturated heterocycles. The van der Waals surface area contributed by atoms with Gasteiger partial charge in [0.2, 0.25) is 0 Å². The standard InChI is InChI=1S/C31H47N3O2/c1-7-10-11-12-20-33-22-25(5)34(23-24(33)4)30(28-14-13-15-29(21-28)36-6)26-16-18-27(19-17-26)31(35)32(8-2)9-3/h13-19,21,24-25,30H,7-12,20,22-23H2,1-6H3/t24-,25+,30-/m1/s1. The van der Waals surface area contributed by atoms with E-state index < -0.39 is 0 Å². The number of hydrogen-bond donors (Lipinski definition) is 0. The van der Waals surface area contributed by atoms with E-state index in [9.17, 15) is 4.79 Å². The van der Waals surface area contributed by atoms with Crippen LogP contribution in [0, 0.1) is 0 Å². The van der Waals surface area contributed by atoms with Crippen LogP contribution < -0.4 is 4.74 Å². The molecule has 198 valence electrons. The normalized spacial score (nSPS) is 19.7. The van der Waals surface area contributed by atoms with Crippen LogP contribution in [0.3, 0.4) is 0 Å². The van der Waals surface area contributed by atoms with Crippen molar-refractivity contribution < 1.29 is 9.53 Å². The molecular formula is C31H47N3O2. The number of rotatable bonds is 12. The quantitative estimate of drug-likeness (QED) is 0.328. The van der Waals surface area contributed by atoms with Crippen LogP contribution >= 0.6 is 0 Å². The Morgan fingerprint density at radius 2 is 1.67 bits per heavy atom. The summed E-state index contributed by atoms with van der Waals surface area (Å²) in [7, 11) is 1.73. The van der Waals surface area contributed by atoms with E-state index in [0.29, 0.717) is 12.1 Å². The summed E-state index contributed by atoms with van der Waals surface area (Å²) in [5.74, 6) is 0.976. The molecule has 0 aliphatic carbocycles. The Morgan fingerprint density at radius 1 is 0.944 bits per heavy atom. The van der Waals surface area contributed by atoms with Crippen molar-refractivity contribution in [1.82, 2.24) is 14.7 Å². The third-order valence-electron chi connectivity index (χ3n) is 7.73. The molecule has 0 N–H and O–H groups in total. The van der Waals surface area contributed by atoms with Gasteiger partial charge in [-0.1, -0.05) is 50.5 Å². The van der Waals surface area contributed by atoms with Gasteiger partial charge in [-0.15, -0.1) is 0 Å². The van der Waals surface area contributed by atoms with E-state index in [1.54, 1.807) is 7.11 Å². The summed E-state index contributed by atoms with van der Waals surface area (Å²) < 4.78 is 5.58. The van der Waals surface area contributed by atoms with E-state index in [0.717, 1.165) is 37.5 Å². The van der Waals surface area contributed by atoms with Crippen molar-refractivity contribution in [1.29, 1.82) is 0 Å². The Labute approximate surface area is 219 Å². The SMILES string of the molecule is CCCCCCN1C[C@H](C)N([C@H](c2ccc(C(=O)N(CC)CC)cc2)c2cccc(OC)c2)C[C@H]1C. The Morgan fingerprint density at radius 3 is 2.31 bits per heavy atom. The second-order valence-corrected chi connectivity index (χ2v) is 10.2. The number of nitrogens with zero attached hydrogens (tertiary/aromatic N) is 3. The van der Waals surface area contributed by atoms with Crippen LogP contribution in [0.5, 0.6) is 5.75 Å². The van der Waals surface area contributed by atoms with Gasteiger partial charge in [0.15, 0.2) is 0 Å². The second kappa shape index (κ2) is 13.8. The lowest BCUT2D eigenvalue weighted by Crippen LogP contribution is -2.57. The maximum atomic E-state index is 12.9. The summed E-state index contributed by atoms with van der Waals surface area (Å²) >= 11 is 0. The van der Waals surface area contributed by atoms with Gasteiger partial charge < -0.3 is 9.64 Å². The zero-order valence-corrected chi connectivity index (χ0v) is 23.4. The summed E-state index contributed by atoms with van der Waals surface area (Å²) in [5.41, 5.74) is 3.20. The highest BCUT2D eigenvalue weighted by molar-refractivity contribution is 5.94. The van der Waals surface area contributed by atoms with Crippen molar-refractivity contribution in [2.75, 3.05) is 39.8 Å². The summed E-state index contributed by atoms with van der Waals surface area (Å²) in [6.45, 7) is 15.8. The lowest BCUT2D eigenvalue weighted by molar-refractivity contribution is 0.0231. The highest BCUT2D eigenvalue weighted by Crippen LogP contribution is 2.35. The number of benzene rings is 2. The molecule has 0 bridgehead atoms. The Kier molecular flexibility index (Phi) is 10.8. The number of carbonyl (C=O) groups excluding carboxylic acids is 1. The smallest absolute Gasteiger partial charge is 0.253 e. The van der Waals surface area contributed by atoms with E-state index in [-0.39, 0.29) is 11.9 Å². The van der Waals surface area contributed by atoms with Crippen molar-refractivity contribution in [3.63, 3.8) is 0 Å². The van der Waals surface area contributed by atoms with Crippen LogP contribution in [-0.2, 0) is 0 Å². The molecule has 1 fully saturated rings. The highest BCUT2D eigenvalue weighted by Gasteiger charge is 2.34. The number of unbranched alkanes of at least 4 members (excludes halogenated alkanes) is 3.